The summed E-state index contributed by atoms with van der Waals surface area (Å²) in [4.78, 5) is 0. The molecule has 0 radical (unpaired) electrons. The number of fused-ring (bicyclic) bond motifs is 2. The Balaban J connectivity index is 2.02. The molecule has 1 unspecified atom stereocenters. The van der Waals surface area contributed by atoms with Crippen LogP contribution in [0.3, 0.4) is 0 Å². The third kappa shape index (κ3) is 4.37. The molecule has 0 aliphatic carbocycles. The molecule has 0 spiro atoms. The summed E-state index contributed by atoms with van der Waals surface area (Å²) in [5, 5.41) is 1.24. The highest BCUT2D eigenvalue weighted by atomic mass is 28.4. The van der Waals surface area contributed by atoms with Crippen molar-refractivity contribution >= 4 is 49.1 Å². The van der Waals surface area contributed by atoms with Gasteiger partial charge >= 0.3 is 8.41 Å². The van der Waals surface area contributed by atoms with Gasteiger partial charge in [-0.25, -0.2) is 0 Å². The van der Waals surface area contributed by atoms with E-state index in [4.69, 9.17) is 0 Å². The molecular weight excluding hydrogens is 519 g/mol. The van der Waals surface area contributed by atoms with Gasteiger partial charge in [-0.2, -0.15) is 0 Å². The van der Waals surface area contributed by atoms with Gasteiger partial charge in [0.15, 0.2) is 0 Å². The molecule has 0 bridgehead atoms. The zero-order chi connectivity index (χ0) is 29.4. The van der Waals surface area contributed by atoms with Gasteiger partial charge in [0.05, 0.1) is 0 Å². The summed E-state index contributed by atoms with van der Waals surface area (Å²) in [7, 11) is -5.39. The molecule has 0 saturated carbocycles. The number of benzene rings is 2. The first-order valence-electron chi connectivity index (χ1n) is 14.2. The average molecular weight is 567 g/mol. The van der Waals surface area contributed by atoms with Crippen molar-refractivity contribution in [3.8, 4) is 0 Å². The Bertz CT molecular complexity index is 1490. The van der Waals surface area contributed by atoms with E-state index in [9.17, 15) is 0 Å². The van der Waals surface area contributed by atoms with Crippen LogP contribution in [0.5, 0.6) is 0 Å². The summed E-state index contributed by atoms with van der Waals surface area (Å²) in [6, 6.07) is 18.4. The molecule has 2 aromatic carbocycles. The van der Waals surface area contributed by atoms with Gasteiger partial charge in [-0.05, 0) is 43.9 Å². The van der Waals surface area contributed by atoms with E-state index in [0.717, 1.165) is 32.3 Å². The number of hydrogen-bond acceptors (Lipinski definition) is 0. The highest BCUT2D eigenvalue weighted by Gasteiger charge is 2.62. The van der Waals surface area contributed by atoms with Crippen molar-refractivity contribution in [2.75, 3.05) is 0 Å². The summed E-state index contributed by atoms with van der Waals surface area (Å²) < 4.78 is 40.6. The normalized spacial score (nSPS) is 15.7. The lowest BCUT2D eigenvalue weighted by Crippen LogP contribution is -2.63. The highest BCUT2D eigenvalue weighted by Crippen LogP contribution is 2.55. The first kappa shape index (κ1) is 29.8. The van der Waals surface area contributed by atoms with Crippen molar-refractivity contribution in [3.63, 3.8) is 0 Å². The predicted molar refractivity (Wildman–Crippen MR) is 171 cm³/mol. The molecule has 0 aliphatic heterocycles. The lowest BCUT2D eigenvalue weighted by atomic mass is 10.2. The third-order valence-electron chi connectivity index (χ3n) is 9.02. The van der Waals surface area contributed by atoms with Crippen molar-refractivity contribution in [2.24, 2.45) is 7.05 Å². The van der Waals surface area contributed by atoms with Crippen LogP contribution in [0.25, 0.3) is 21.8 Å². The fourth-order valence-electron chi connectivity index (χ4n) is 7.46. The second kappa shape index (κ2) is 9.17. The summed E-state index contributed by atoms with van der Waals surface area (Å²) in [5.74, 6) is 0. The molecule has 4 aromatic rings. The second-order valence-corrected chi connectivity index (χ2v) is 24.8. The van der Waals surface area contributed by atoms with Gasteiger partial charge in [0, 0.05) is 46.6 Å². The average Bonchev–Trinajstić information content (AvgIpc) is 3.34. The second-order valence-electron chi connectivity index (χ2n) is 15.3. The number of nitrogens with zero attached hydrogens (tertiary/aromatic N) is 2. The van der Waals surface area contributed by atoms with Crippen LogP contribution < -0.4 is 10.5 Å². The zero-order valence-corrected chi connectivity index (χ0v) is 28.1. The van der Waals surface area contributed by atoms with Gasteiger partial charge in [-0.1, -0.05) is 113 Å². The summed E-state index contributed by atoms with van der Waals surface area (Å²) in [6.45, 7) is 23.0. The molecule has 0 aliphatic rings. The van der Waals surface area contributed by atoms with Gasteiger partial charge in [0.1, 0.15) is 0 Å². The summed E-state index contributed by atoms with van der Waals surface area (Å²) in [5.41, 5.74) is 2.04. The van der Waals surface area contributed by atoms with E-state index < -0.39 is 37.0 Å². The van der Waals surface area contributed by atoms with E-state index >= 15 is 8.22 Å². The maximum atomic E-state index is 18.5. The van der Waals surface area contributed by atoms with Crippen LogP contribution >= 0.6 is 0 Å². The highest BCUT2D eigenvalue weighted by molar-refractivity contribution is 6.92. The molecular formula is C33H48F2N2Si2. The standard InChI is InChI=1S/C33H48F2N2Si2/c1-30(2,3)38(34,28-22-36(12)27-20-16-14-18-25(27)28)33(10,11)23-37-26-19-15-13-17-24(26)21-29(37)39(35,31(4,5)6)32(7,8)9/h13-22H,23H2,1-12H3. The molecule has 212 valence electrons. The van der Waals surface area contributed by atoms with E-state index in [0.29, 0.717) is 6.54 Å². The summed E-state index contributed by atoms with van der Waals surface area (Å²) >= 11 is 0. The van der Waals surface area contributed by atoms with Gasteiger partial charge in [-0.3, -0.25) is 0 Å². The smallest absolute Gasteiger partial charge is 0.304 e. The Morgan fingerprint density at radius 3 is 1.69 bits per heavy atom. The van der Waals surface area contributed by atoms with Crippen molar-refractivity contribution in [1.82, 2.24) is 9.13 Å². The quantitative estimate of drug-likeness (QED) is 0.168. The monoisotopic (exact) mass is 566 g/mol. The molecule has 0 fully saturated rings. The molecule has 2 heterocycles. The molecule has 39 heavy (non-hydrogen) atoms. The van der Waals surface area contributed by atoms with Crippen molar-refractivity contribution < 1.29 is 8.22 Å². The zero-order valence-electron chi connectivity index (χ0n) is 26.1. The Morgan fingerprint density at radius 2 is 1.15 bits per heavy atom. The van der Waals surface area contributed by atoms with Crippen molar-refractivity contribution in [1.29, 1.82) is 0 Å². The van der Waals surface area contributed by atoms with E-state index in [2.05, 4.69) is 74.1 Å². The lowest BCUT2D eigenvalue weighted by molar-refractivity contribution is 0.457. The van der Waals surface area contributed by atoms with Gasteiger partial charge in [-0.15, -0.1) is 0 Å². The fraction of sp³-hybridized carbons (Fsp3) is 0.515. The minimum atomic E-state index is -3.76. The number of aryl methyl sites for hydroxylation is 1. The third-order valence-corrected chi connectivity index (χ3v) is 19.5. The largest absolute Gasteiger partial charge is 0.351 e. The SMILES string of the molecule is Cn1cc([Si](F)(C(C)(C)C)C(C)(C)Cn2c([Si](F)(C(C)(C)C)C(C)(C)C)cc3ccccc32)c2ccccc21. The molecule has 4 rings (SSSR count). The Morgan fingerprint density at radius 1 is 0.667 bits per heavy atom. The Hall–Kier alpha value is -2.19. The fourth-order valence-corrected chi connectivity index (χ4v) is 17.1. The van der Waals surface area contributed by atoms with E-state index in [-0.39, 0.29) is 0 Å². The molecule has 2 aromatic heterocycles. The van der Waals surface area contributed by atoms with Crippen LogP contribution in [-0.2, 0) is 13.6 Å². The first-order valence-corrected chi connectivity index (χ1v) is 18.0. The maximum Gasteiger partial charge on any atom is 0.304 e. The number of para-hydroxylation sites is 2. The number of hydrogen-bond donors (Lipinski definition) is 0. The molecule has 0 N–H and O–H groups in total. The summed E-state index contributed by atoms with van der Waals surface area (Å²) in [6.07, 6.45) is 2.02. The molecule has 1 atom stereocenters. The molecule has 6 heteroatoms. The maximum absolute atomic E-state index is 18.5. The van der Waals surface area contributed by atoms with Crippen LogP contribution in [0.15, 0.2) is 60.8 Å². The van der Waals surface area contributed by atoms with Crippen LogP contribution in [0, 0.1) is 0 Å². The minimum absolute atomic E-state index is 0.421. The number of aromatic nitrogens is 2. The molecule has 0 amide bonds. The minimum Gasteiger partial charge on any atom is -0.351 e. The topological polar surface area (TPSA) is 9.86 Å². The van der Waals surface area contributed by atoms with Crippen LogP contribution in [-0.4, -0.2) is 25.9 Å². The van der Waals surface area contributed by atoms with Gasteiger partial charge in [0.25, 0.3) is 8.41 Å². The van der Waals surface area contributed by atoms with E-state index in [1.165, 1.54) is 0 Å². The first-order chi connectivity index (χ1) is 17.7. The van der Waals surface area contributed by atoms with Crippen LogP contribution in [0.1, 0.15) is 76.2 Å². The Kier molecular flexibility index (Phi) is 7.00. The number of halogens is 2. The lowest BCUT2D eigenvalue weighted by Gasteiger charge is -2.48. The van der Waals surface area contributed by atoms with Crippen LogP contribution in [0.2, 0.25) is 20.2 Å². The van der Waals surface area contributed by atoms with E-state index in [1.54, 1.807) is 0 Å². The van der Waals surface area contributed by atoms with Crippen molar-refractivity contribution in [3.05, 3.63) is 60.8 Å². The van der Waals surface area contributed by atoms with Gasteiger partial charge < -0.3 is 17.3 Å². The Labute approximate surface area is 236 Å². The predicted octanol–water partition coefficient (Wildman–Crippen LogP) is 9.26. The van der Waals surface area contributed by atoms with Gasteiger partial charge in [0.2, 0.25) is 0 Å². The number of rotatable bonds is 5. The molecule has 0 saturated heterocycles. The van der Waals surface area contributed by atoms with E-state index in [1.807, 2.05) is 79.1 Å². The molecule has 2 nitrogen and oxygen atoms in total. The van der Waals surface area contributed by atoms with Crippen molar-refractivity contribution in [2.45, 2.75) is 103 Å². The van der Waals surface area contributed by atoms with Crippen LogP contribution in [0.4, 0.5) is 8.22 Å².